The third kappa shape index (κ3) is 3.42. The molecule has 0 fully saturated rings. The molecule has 0 bridgehead atoms. The molecule has 2 aromatic carbocycles. The van der Waals surface area contributed by atoms with Crippen LogP contribution in [0.4, 0.5) is 0 Å². The normalized spacial score (nSPS) is 17.2. The SMILES string of the molecule is CCOC(=O)C1=C(C)N=c2s/c(=C/c3ccc4c(c3)OCO4)c(=O)n2[C@@H]1c1ccccc1. The van der Waals surface area contributed by atoms with E-state index in [1.165, 1.54) is 11.3 Å². The lowest BCUT2D eigenvalue weighted by Crippen LogP contribution is -2.39. The fourth-order valence-corrected chi connectivity index (χ4v) is 4.94. The van der Waals surface area contributed by atoms with E-state index < -0.39 is 12.0 Å². The Labute approximate surface area is 187 Å². The number of aromatic nitrogens is 1. The van der Waals surface area contributed by atoms with Crippen LogP contribution in [0.1, 0.15) is 31.0 Å². The molecular weight excluding hydrogens is 428 g/mol. The minimum atomic E-state index is -0.606. The zero-order chi connectivity index (χ0) is 22.2. The van der Waals surface area contributed by atoms with Crippen molar-refractivity contribution < 1.29 is 19.0 Å². The molecule has 2 aliphatic rings. The van der Waals surface area contributed by atoms with Crippen molar-refractivity contribution in [2.24, 2.45) is 4.99 Å². The first kappa shape index (κ1) is 20.3. The second-order valence-electron chi connectivity index (χ2n) is 7.33. The van der Waals surface area contributed by atoms with E-state index in [0.717, 1.165) is 11.1 Å². The van der Waals surface area contributed by atoms with Gasteiger partial charge in [-0.05, 0) is 43.2 Å². The Morgan fingerprint density at radius 2 is 2.00 bits per heavy atom. The van der Waals surface area contributed by atoms with E-state index in [1.54, 1.807) is 24.5 Å². The molecule has 0 saturated heterocycles. The first-order chi connectivity index (χ1) is 15.6. The molecule has 162 valence electrons. The van der Waals surface area contributed by atoms with Gasteiger partial charge in [0.1, 0.15) is 0 Å². The zero-order valence-corrected chi connectivity index (χ0v) is 18.3. The molecular formula is C24H20N2O5S. The highest BCUT2D eigenvalue weighted by Gasteiger charge is 2.33. The van der Waals surface area contributed by atoms with E-state index in [-0.39, 0.29) is 19.0 Å². The summed E-state index contributed by atoms with van der Waals surface area (Å²) in [5.41, 5.74) is 2.35. The lowest BCUT2D eigenvalue weighted by molar-refractivity contribution is -0.139. The van der Waals surface area contributed by atoms with Gasteiger partial charge >= 0.3 is 5.97 Å². The fourth-order valence-electron chi connectivity index (χ4n) is 3.90. The Balaban J connectivity index is 1.69. The van der Waals surface area contributed by atoms with Crippen LogP contribution < -0.4 is 24.4 Å². The lowest BCUT2D eigenvalue weighted by atomic mass is 9.96. The highest BCUT2D eigenvalue weighted by molar-refractivity contribution is 7.07. The van der Waals surface area contributed by atoms with E-state index in [4.69, 9.17) is 14.2 Å². The van der Waals surface area contributed by atoms with Crippen molar-refractivity contribution in [1.82, 2.24) is 4.57 Å². The van der Waals surface area contributed by atoms with Crippen molar-refractivity contribution in [3.05, 3.63) is 90.6 Å². The van der Waals surface area contributed by atoms with Crippen LogP contribution in [-0.4, -0.2) is 23.9 Å². The molecule has 5 rings (SSSR count). The smallest absolute Gasteiger partial charge is 0.338 e. The van der Waals surface area contributed by atoms with Crippen LogP contribution >= 0.6 is 11.3 Å². The Kier molecular flexibility index (Phi) is 5.14. The number of hydrogen-bond donors (Lipinski definition) is 0. The summed E-state index contributed by atoms with van der Waals surface area (Å²) in [6.45, 7) is 3.96. The molecule has 1 aromatic heterocycles. The summed E-state index contributed by atoms with van der Waals surface area (Å²) in [5, 5.41) is 0. The minimum Gasteiger partial charge on any atom is -0.463 e. The van der Waals surface area contributed by atoms with Gasteiger partial charge in [0.15, 0.2) is 16.3 Å². The highest BCUT2D eigenvalue weighted by Crippen LogP contribution is 2.33. The number of nitrogens with zero attached hydrogens (tertiary/aromatic N) is 2. The van der Waals surface area contributed by atoms with Gasteiger partial charge in [0.05, 0.1) is 28.5 Å². The number of ether oxygens (including phenoxy) is 3. The molecule has 32 heavy (non-hydrogen) atoms. The highest BCUT2D eigenvalue weighted by atomic mass is 32.1. The van der Waals surface area contributed by atoms with Crippen molar-refractivity contribution >= 4 is 23.4 Å². The largest absolute Gasteiger partial charge is 0.463 e. The molecule has 8 heteroatoms. The maximum absolute atomic E-state index is 13.5. The van der Waals surface area contributed by atoms with Gasteiger partial charge in [0, 0.05) is 0 Å². The number of allylic oxidation sites excluding steroid dienone is 1. The molecule has 3 heterocycles. The Morgan fingerprint density at radius 3 is 2.78 bits per heavy atom. The number of fused-ring (bicyclic) bond motifs is 2. The summed E-state index contributed by atoms with van der Waals surface area (Å²) in [5.74, 6) is 0.865. The monoisotopic (exact) mass is 448 g/mol. The summed E-state index contributed by atoms with van der Waals surface area (Å²) in [6, 6.07) is 14.4. The standard InChI is InChI=1S/C24H20N2O5S/c1-3-29-23(28)20-14(2)25-24-26(21(20)16-7-5-4-6-8-16)22(27)19(32-24)12-15-9-10-17-18(11-15)31-13-30-17/h4-12,21H,3,13H2,1-2H3/b19-12+/t21-/m1/s1. The van der Waals surface area contributed by atoms with Gasteiger partial charge in [-0.1, -0.05) is 47.7 Å². The maximum atomic E-state index is 13.5. The third-order valence-corrected chi connectivity index (χ3v) is 6.31. The number of carbonyl (C=O) groups is 1. The molecule has 0 saturated carbocycles. The third-order valence-electron chi connectivity index (χ3n) is 5.33. The van der Waals surface area contributed by atoms with Crippen LogP contribution in [0, 0.1) is 0 Å². The Morgan fingerprint density at radius 1 is 1.22 bits per heavy atom. The second-order valence-corrected chi connectivity index (χ2v) is 8.33. The molecule has 0 spiro atoms. The Bertz CT molecular complexity index is 1420. The van der Waals surface area contributed by atoms with Crippen LogP contribution in [0.5, 0.6) is 11.5 Å². The van der Waals surface area contributed by atoms with Crippen molar-refractivity contribution in [2.75, 3.05) is 13.4 Å². The van der Waals surface area contributed by atoms with Crippen molar-refractivity contribution in [3.63, 3.8) is 0 Å². The number of rotatable bonds is 4. The van der Waals surface area contributed by atoms with Crippen LogP contribution in [0.3, 0.4) is 0 Å². The van der Waals surface area contributed by atoms with Crippen LogP contribution in [0.25, 0.3) is 6.08 Å². The number of carbonyl (C=O) groups excluding carboxylic acids is 1. The fraction of sp³-hybridized carbons (Fsp3) is 0.208. The molecule has 0 amide bonds. The molecule has 0 aliphatic carbocycles. The molecule has 0 radical (unpaired) electrons. The summed E-state index contributed by atoms with van der Waals surface area (Å²) < 4.78 is 18.2. The lowest BCUT2D eigenvalue weighted by Gasteiger charge is -2.24. The summed E-state index contributed by atoms with van der Waals surface area (Å²) in [6.07, 6.45) is 1.80. The van der Waals surface area contributed by atoms with Crippen molar-refractivity contribution in [3.8, 4) is 11.5 Å². The minimum absolute atomic E-state index is 0.188. The van der Waals surface area contributed by atoms with E-state index in [1.807, 2.05) is 48.5 Å². The molecule has 0 unspecified atom stereocenters. The van der Waals surface area contributed by atoms with Crippen LogP contribution in [0.15, 0.2) is 69.6 Å². The summed E-state index contributed by atoms with van der Waals surface area (Å²) in [7, 11) is 0. The maximum Gasteiger partial charge on any atom is 0.338 e. The predicted octanol–water partition coefficient (Wildman–Crippen LogP) is 2.53. The first-order valence-electron chi connectivity index (χ1n) is 10.2. The van der Waals surface area contributed by atoms with Gasteiger partial charge in [0.25, 0.3) is 5.56 Å². The number of esters is 1. The van der Waals surface area contributed by atoms with Crippen LogP contribution in [0.2, 0.25) is 0 Å². The Hall–Kier alpha value is -3.65. The van der Waals surface area contributed by atoms with E-state index in [9.17, 15) is 9.59 Å². The quantitative estimate of drug-likeness (QED) is 0.573. The predicted molar refractivity (Wildman–Crippen MR) is 119 cm³/mol. The molecule has 3 aromatic rings. The van der Waals surface area contributed by atoms with E-state index in [2.05, 4.69) is 4.99 Å². The molecule has 0 N–H and O–H groups in total. The van der Waals surface area contributed by atoms with Gasteiger partial charge < -0.3 is 14.2 Å². The zero-order valence-electron chi connectivity index (χ0n) is 17.5. The van der Waals surface area contributed by atoms with Crippen molar-refractivity contribution in [1.29, 1.82) is 0 Å². The number of hydrogen-bond acceptors (Lipinski definition) is 7. The van der Waals surface area contributed by atoms with Crippen LogP contribution in [-0.2, 0) is 9.53 Å². The van der Waals surface area contributed by atoms with Gasteiger partial charge in [-0.15, -0.1) is 0 Å². The van der Waals surface area contributed by atoms with E-state index >= 15 is 0 Å². The number of thiazole rings is 1. The van der Waals surface area contributed by atoms with Gasteiger partial charge in [-0.2, -0.15) is 0 Å². The number of benzene rings is 2. The molecule has 7 nitrogen and oxygen atoms in total. The van der Waals surface area contributed by atoms with Crippen molar-refractivity contribution in [2.45, 2.75) is 19.9 Å². The second kappa shape index (κ2) is 8.12. The van der Waals surface area contributed by atoms with Gasteiger partial charge in [-0.25, -0.2) is 9.79 Å². The van der Waals surface area contributed by atoms with Gasteiger partial charge in [-0.3, -0.25) is 9.36 Å². The molecule has 1 atom stereocenters. The topological polar surface area (TPSA) is 79.1 Å². The average molecular weight is 449 g/mol. The molecule has 2 aliphatic heterocycles. The van der Waals surface area contributed by atoms with Gasteiger partial charge in [0.2, 0.25) is 6.79 Å². The average Bonchev–Trinajstić information content (AvgIpc) is 3.37. The first-order valence-corrected chi connectivity index (χ1v) is 11.0. The summed E-state index contributed by atoms with van der Waals surface area (Å²) in [4.78, 5) is 31.5. The summed E-state index contributed by atoms with van der Waals surface area (Å²) >= 11 is 1.29. The van der Waals surface area contributed by atoms with E-state index in [0.29, 0.717) is 32.1 Å².